The average Bonchev–Trinajstić information content (AvgIpc) is 2.88. The van der Waals surface area contributed by atoms with Crippen LogP contribution in [0.3, 0.4) is 0 Å². The number of anilines is 1. The molecule has 0 spiro atoms. The van der Waals surface area contributed by atoms with Gasteiger partial charge in [-0.2, -0.15) is 0 Å². The molecule has 2 N–H and O–H groups in total. The maximum absolute atomic E-state index is 13.8. The molecule has 0 heterocycles. The first-order chi connectivity index (χ1) is 9.93. The topological polar surface area (TPSA) is 66.4 Å². The van der Waals surface area contributed by atoms with Crippen LogP contribution in [0.5, 0.6) is 0 Å². The fourth-order valence-electron chi connectivity index (χ4n) is 2.86. The zero-order valence-corrected chi connectivity index (χ0v) is 12.4. The molecule has 0 bridgehead atoms. The summed E-state index contributed by atoms with van der Waals surface area (Å²) in [4.78, 5) is 23.5. The van der Waals surface area contributed by atoms with Crippen molar-refractivity contribution in [3.63, 3.8) is 0 Å². The SMILES string of the molecule is CCC1CC(C(=O)O)C(C(=O)Nc2cccc(Cl)c2F)C1. The third kappa shape index (κ3) is 3.35. The van der Waals surface area contributed by atoms with Gasteiger partial charge in [0.15, 0.2) is 5.82 Å². The molecule has 0 aromatic heterocycles. The number of carboxylic acids is 1. The number of nitrogens with one attached hydrogen (secondary N) is 1. The molecule has 1 aliphatic rings. The Balaban J connectivity index is 2.15. The highest BCUT2D eigenvalue weighted by atomic mass is 35.5. The van der Waals surface area contributed by atoms with Crippen molar-refractivity contribution in [3.8, 4) is 0 Å². The van der Waals surface area contributed by atoms with Gasteiger partial charge >= 0.3 is 5.97 Å². The normalized spacial score (nSPS) is 24.8. The Kier molecular flexibility index (Phi) is 4.83. The van der Waals surface area contributed by atoms with Crippen molar-refractivity contribution in [1.29, 1.82) is 0 Å². The van der Waals surface area contributed by atoms with Gasteiger partial charge in [-0.25, -0.2) is 4.39 Å². The summed E-state index contributed by atoms with van der Waals surface area (Å²) in [5.74, 6) is -3.27. The van der Waals surface area contributed by atoms with E-state index in [1.165, 1.54) is 18.2 Å². The van der Waals surface area contributed by atoms with Gasteiger partial charge in [-0.15, -0.1) is 0 Å². The van der Waals surface area contributed by atoms with Gasteiger partial charge in [-0.3, -0.25) is 9.59 Å². The Morgan fingerprint density at radius 3 is 2.67 bits per heavy atom. The summed E-state index contributed by atoms with van der Waals surface area (Å²) >= 11 is 5.66. The van der Waals surface area contributed by atoms with Crippen LogP contribution in [-0.2, 0) is 9.59 Å². The van der Waals surface area contributed by atoms with Gasteiger partial charge in [0.2, 0.25) is 5.91 Å². The van der Waals surface area contributed by atoms with Crippen LogP contribution in [0.2, 0.25) is 5.02 Å². The predicted molar refractivity (Wildman–Crippen MR) is 77.7 cm³/mol. The van der Waals surface area contributed by atoms with Crippen LogP contribution in [0.1, 0.15) is 26.2 Å². The summed E-state index contributed by atoms with van der Waals surface area (Å²) in [7, 11) is 0. The molecule has 114 valence electrons. The molecule has 0 radical (unpaired) electrons. The molecule has 21 heavy (non-hydrogen) atoms. The van der Waals surface area contributed by atoms with Crippen LogP contribution in [0.4, 0.5) is 10.1 Å². The molecule has 1 aromatic rings. The maximum Gasteiger partial charge on any atom is 0.307 e. The van der Waals surface area contributed by atoms with E-state index >= 15 is 0 Å². The minimum absolute atomic E-state index is 0.0170. The molecular formula is C15H17ClFNO3. The number of hydrogen-bond acceptors (Lipinski definition) is 2. The first kappa shape index (κ1) is 15.8. The van der Waals surface area contributed by atoms with Gasteiger partial charge in [0.1, 0.15) is 0 Å². The Labute approximate surface area is 127 Å². The maximum atomic E-state index is 13.8. The molecular weight excluding hydrogens is 297 g/mol. The smallest absolute Gasteiger partial charge is 0.307 e. The molecule has 2 rings (SSSR count). The lowest BCUT2D eigenvalue weighted by Gasteiger charge is -2.16. The second-order valence-corrected chi connectivity index (χ2v) is 5.79. The monoisotopic (exact) mass is 313 g/mol. The van der Waals surface area contributed by atoms with Gasteiger partial charge in [0.25, 0.3) is 0 Å². The fraction of sp³-hybridized carbons (Fsp3) is 0.467. The zero-order chi connectivity index (χ0) is 15.6. The van der Waals surface area contributed by atoms with E-state index in [1.807, 2.05) is 6.92 Å². The summed E-state index contributed by atoms with van der Waals surface area (Å²) in [5.41, 5.74) is -0.0170. The molecule has 4 nitrogen and oxygen atoms in total. The van der Waals surface area contributed by atoms with E-state index in [1.54, 1.807) is 0 Å². The van der Waals surface area contributed by atoms with E-state index in [0.717, 1.165) is 6.42 Å². The average molecular weight is 314 g/mol. The number of rotatable bonds is 4. The largest absolute Gasteiger partial charge is 0.481 e. The highest BCUT2D eigenvalue weighted by Gasteiger charge is 2.42. The first-order valence-electron chi connectivity index (χ1n) is 6.91. The number of carbonyl (C=O) groups excluding carboxylic acids is 1. The summed E-state index contributed by atoms with van der Waals surface area (Å²) in [5, 5.41) is 11.6. The highest BCUT2D eigenvalue weighted by molar-refractivity contribution is 6.31. The molecule has 1 saturated carbocycles. The first-order valence-corrected chi connectivity index (χ1v) is 7.29. The second kappa shape index (κ2) is 6.43. The molecule has 1 amide bonds. The third-order valence-corrected chi connectivity index (χ3v) is 4.39. The fourth-order valence-corrected chi connectivity index (χ4v) is 3.04. The van der Waals surface area contributed by atoms with E-state index in [9.17, 15) is 19.1 Å². The van der Waals surface area contributed by atoms with Crippen LogP contribution in [0.15, 0.2) is 18.2 Å². The molecule has 3 unspecified atom stereocenters. The molecule has 6 heteroatoms. The number of benzene rings is 1. The summed E-state index contributed by atoms with van der Waals surface area (Å²) in [6.07, 6.45) is 1.84. The zero-order valence-electron chi connectivity index (χ0n) is 11.6. The highest BCUT2D eigenvalue weighted by Crippen LogP contribution is 2.39. The summed E-state index contributed by atoms with van der Waals surface area (Å²) in [6, 6.07) is 4.32. The van der Waals surface area contributed by atoms with E-state index in [0.29, 0.717) is 12.8 Å². The number of amides is 1. The lowest BCUT2D eigenvalue weighted by atomic mass is 9.95. The molecule has 0 saturated heterocycles. The van der Waals surface area contributed by atoms with Crippen molar-refractivity contribution in [2.45, 2.75) is 26.2 Å². The minimum Gasteiger partial charge on any atom is -0.481 e. The van der Waals surface area contributed by atoms with Gasteiger partial charge < -0.3 is 10.4 Å². The van der Waals surface area contributed by atoms with Gasteiger partial charge in [-0.05, 0) is 30.9 Å². The van der Waals surface area contributed by atoms with Crippen LogP contribution in [-0.4, -0.2) is 17.0 Å². The molecule has 1 fully saturated rings. The van der Waals surface area contributed by atoms with Crippen molar-refractivity contribution in [3.05, 3.63) is 29.0 Å². The van der Waals surface area contributed by atoms with Crippen molar-refractivity contribution >= 4 is 29.2 Å². The number of hydrogen-bond donors (Lipinski definition) is 2. The van der Waals surface area contributed by atoms with E-state index in [2.05, 4.69) is 5.32 Å². The Morgan fingerprint density at radius 1 is 1.38 bits per heavy atom. The van der Waals surface area contributed by atoms with E-state index < -0.39 is 29.5 Å². The molecule has 1 aromatic carbocycles. The summed E-state index contributed by atoms with van der Waals surface area (Å²) < 4.78 is 13.8. The lowest BCUT2D eigenvalue weighted by Crippen LogP contribution is -2.30. The van der Waals surface area contributed by atoms with E-state index in [-0.39, 0.29) is 16.6 Å². The van der Waals surface area contributed by atoms with Crippen LogP contribution < -0.4 is 5.32 Å². The van der Waals surface area contributed by atoms with Gasteiger partial charge in [0.05, 0.1) is 22.5 Å². The molecule has 0 aliphatic heterocycles. The number of carboxylic acid groups (broad SMARTS) is 1. The Bertz CT molecular complexity index is 564. The van der Waals surface area contributed by atoms with Crippen LogP contribution in [0.25, 0.3) is 0 Å². The number of aliphatic carboxylic acids is 1. The predicted octanol–water partition coefficient (Wildman–Crippen LogP) is 3.55. The molecule has 3 atom stereocenters. The third-order valence-electron chi connectivity index (χ3n) is 4.10. The van der Waals surface area contributed by atoms with Crippen molar-refractivity contribution in [2.75, 3.05) is 5.32 Å². The molecule has 1 aliphatic carbocycles. The number of halogens is 2. The van der Waals surface area contributed by atoms with Crippen LogP contribution >= 0.6 is 11.6 Å². The summed E-state index contributed by atoms with van der Waals surface area (Å²) in [6.45, 7) is 1.97. The quantitative estimate of drug-likeness (QED) is 0.893. The number of carbonyl (C=O) groups is 2. The minimum atomic E-state index is -0.974. The van der Waals surface area contributed by atoms with Crippen molar-refractivity contribution in [2.24, 2.45) is 17.8 Å². The van der Waals surface area contributed by atoms with Gasteiger partial charge in [-0.1, -0.05) is 31.0 Å². The van der Waals surface area contributed by atoms with Crippen molar-refractivity contribution < 1.29 is 19.1 Å². The van der Waals surface area contributed by atoms with E-state index in [4.69, 9.17) is 11.6 Å². The van der Waals surface area contributed by atoms with Crippen molar-refractivity contribution in [1.82, 2.24) is 0 Å². The standard InChI is InChI=1S/C15H17ClFNO3/c1-2-8-6-9(10(7-8)15(20)21)14(19)18-12-5-3-4-11(16)13(12)17/h3-5,8-10H,2,6-7H2,1H3,(H,18,19)(H,20,21). The lowest BCUT2D eigenvalue weighted by molar-refractivity contribution is -0.145. The van der Waals surface area contributed by atoms with Crippen LogP contribution in [0, 0.1) is 23.6 Å². The van der Waals surface area contributed by atoms with Gasteiger partial charge in [0, 0.05) is 0 Å². The second-order valence-electron chi connectivity index (χ2n) is 5.39. The Hall–Kier alpha value is -1.62. The Morgan fingerprint density at radius 2 is 2.05 bits per heavy atom.